The summed E-state index contributed by atoms with van der Waals surface area (Å²) in [6, 6.07) is 0. The van der Waals surface area contributed by atoms with Crippen LogP contribution in [-0.2, 0) is 4.43 Å². The lowest BCUT2D eigenvalue weighted by atomic mass is 10.4. The Bertz CT molecular complexity index is 27.7. The topological polar surface area (TPSA) is 9.23 Å². The first kappa shape index (κ1) is 10.8. The molecule has 0 aliphatic rings. The lowest BCUT2D eigenvalue weighted by Crippen LogP contribution is -1.85. The quantitative estimate of drug-likeness (QED) is 0.315. The fourth-order valence-corrected chi connectivity index (χ4v) is 0.577. The molecule has 50 valence electrons. The molecule has 0 bridgehead atoms. The van der Waals surface area contributed by atoms with E-state index in [1.54, 1.807) is 0 Å². The molecule has 0 radical (unpaired) electrons. The summed E-state index contributed by atoms with van der Waals surface area (Å²) in [5.41, 5.74) is 0. The van der Waals surface area contributed by atoms with Crippen LogP contribution in [0.15, 0.2) is 13.2 Å². The van der Waals surface area contributed by atoms with Crippen LogP contribution in [0.25, 0.3) is 0 Å². The van der Waals surface area contributed by atoms with E-state index < -0.39 is 0 Å². The molecule has 0 saturated carbocycles. The van der Waals surface area contributed by atoms with Gasteiger partial charge in [-0.25, -0.2) is 0 Å². The Morgan fingerprint density at radius 2 is 2.00 bits per heavy atom. The molecular weight excluding hydrogens is 116 g/mol. The molecule has 0 spiro atoms. The van der Waals surface area contributed by atoms with Gasteiger partial charge >= 0.3 is 0 Å². The second-order valence-electron chi connectivity index (χ2n) is 1.35. The highest BCUT2D eigenvalue weighted by atomic mass is 28.2. The van der Waals surface area contributed by atoms with Crippen molar-refractivity contribution < 1.29 is 4.43 Å². The van der Waals surface area contributed by atoms with Gasteiger partial charge in [0.15, 0.2) is 0 Å². The van der Waals surface area contributed by atoms with Crippen LogP contribution in [0.3, 0.4) is 0 Å². The zero-order valence-electron chi connectivity index (χ0n) is 5.94. The minimum atomic E-state index is 0.903. The Morgan fingerprint density at radius 3 is 2.12 bits per heavy atom. The average Bonchev–Trinajstić information content (AvgIpc) is 1.88. The molecule has 0 fully saturated rings. The van der Waals surface area contributed by atoms with Gasteiger partial charge in [-0.15, -0.1) is 13.2 Å². The molecule has 0 aromatic heterocycles. The highest BCUT2D eigenvalue weighted by Crippen LogP contribution is 1.82. The fourth-order valence-electron chi connectivity index (χ4n) is 0.289. The van der Waals surface area contributed by atoms with Crippen molar-refractivity contribution in [2.75, 3.05) is 6.61 Å². The van der Waals surface area contributed by atoms with Crippen molar-refractivity contribution in [3.8, 4) is 0 Å². The molecule has 0 heterocycles. The van der Waals surface area contributed by atoms with Gasteiger partial charge < -0.3 is 4.43 Å². The van der Waals surface area contributed by atoms with Crippen LogP contribution in [0.4, 0.5) is 0 Å². The summed E-state index contributed by atoms with van der Waals surface area (Å²) < 4.78 is 4.92. The summed E-state index contributed by atoms with van der Waals surface area (Å²) in [5.74, 6) is 0. The van der Waals surface area contributed by atoms with Gasteiger partial charge in [0.25, 0.3) is 0 Å². The summed E-state index contributed by atoms with van der Waals surface area (Å²) in [4.78, 5) is 0. The Balaban J connectivity index is 0. The summed E-state index contributed by atoms with van der Waals surface area (Å²) in [7, 11) is 0.903. The summed E-state index contributed by atoms with van der Waals surface area (Å²) in [6.45, 7) is 9.14. The zero-order valence-corrected chi connectivity index (χ0v) is 7.94. The van der Waals surface area contributed by atoms with E-state index in [1.807, 2.05) is 0 Å². The van der Waals surface area contributed by atoms with Gasteiger partial charge in [0, 0.05) is 6.61 Å². The molecule has 8 heavy (non-hydrogen) atoms. The van der Waals surface area contributed by atoms with E-state index in [0.717, 1.165) is 17.1 Å². The lowest BCUT2D eigenvalue weighted by molar-refractivity contribution is 0.339. The maximum atomic E-state index is 4.92. The SMILES string of the molecule is C=C.CCCCO[SiH3]. The predicted octanol–water partition coefficient (Wildman–Crippen LogP) is 0.886. The van der Waals surface area contributed by atoms with E-state index in [0.29, 0.717) is 0 Å². The largest absolute Gasteiger partial charge is 0.428 e. The van der Waals surface area contributed by atoms with Gasteiger partial charge in [0.2, 0.25) is 0 Å². The molecule has 0 aliphatic heterocycles. The van der Waals surface area contributed by atoms with Crippen molar-refractivity contribution in [1.29, 1.82) is 0 Å². The summed E-state index contributed by atoms with van der Waals surface area (Å²) in [5, 5.41) is 0. The van der Waals surface area contributed by atoms with Crippen LogP contribution in [-0.4, -0.2) is 17.1 Å². The maximum absolute atomic E-state index is 4.92. The Morgan fingerprint density at radius 1 is 1.50 bits per heavy atom. The standard InChI is InChI=1S/C4H12OSi.C2H4/c1-2-3-4-5-6;1-2/h2-4H2,1,6H3;1-2H2. The van der Waals surface area contributed by atoms with Gasteiger partial charge in [-0.3, -0.25) is 0 Å². The number of unbranched alkanes of at least 4 members (excludes halogenated alkanes) is 1. The zero-order chi connectivity index (χ0) is 6.83. The highest BCUT2D eigenvalue weighted by molar-refractivity contribution is 5.97. The third-order valence-electron chi connectivity index (χ3n) is 0.702. The van der Waals surface area contributed by atoms with Gasteiger partial charge in [0.05, 0.1) is 0 Å². The average molecular weight is 132 g/mol. The first-order chi connectivity index (χ1) is 3.91. The van der Waals surface area contributed by atoms with E-state index in [4.69, 9.17) is 4.43 Å². The predicted molar refractivity (Wildman–Crippen MR) is 42.1 cm³/mol. The number of hydrogen-bond donors (Lipinski definition) is 0. The van der Waals surface area contributed by atoms with E-state index in [1.165, 1.54) is 12.8 Å². The minimum Gasteiger partial charge on any atom is -0.428 e. The Hall–Kier alpha value is -0.0831. The van der Waals surface area contributed by atoms with Crippen molar-refractivity contribution in [2.24, 2.45) is 0 Å². The molecule has 0 N–H and O–H groups in total. The van der Waals surface area contributed by atoms with Gasteiger partial charge in [-0.05, 0) is 6.42 Å². The van der Waals surface area contributed by atoms with Crippen molar-refractivity contribution in [3.63, 3.8) is 0 Å². The van der Waals surface area contributed by atoms with Crippen molar-refractivity contribution in [3.05, 3.63) is 13.2 Å². The van der Waals surface area contributed by atoms with E-state index in [2.05, 4.69) is 20.1 Å². The molecule has 0 aliphatic carbocycles. The molecule has 1 nitrogen and oxygen atoms in total. The van der Waals surface area contributed by atoms with E-state index in [-0.39, 0.29) is 0 Å². The third-order valence-corrected chi connectivity index (χ3v) is 1.11. The van der Waals surface area contributed by atoms with Crippen LogP contribution in [0.1, 0.15) is 19.8 Å². The van der Waals surface area contributed by atoms with Gasteiger partial charge in [-0.1, -0.05) is 13.3 Å². The smallest absolute Gasteiger partial charge is 0.145 e. The Labute approximate surface area is 55.3 Å². The van der Waals surface area contributed by atoms with Crippen LogP contribution in [0.5, 0.6) is 0 Å². The van der Waals surface area contributed by atoms with E-state index >= 15 is 0 Å². The van der Waals surface area contributed by atoms with Gasteiger partial charge in [0.1, 0.15) is 10.5 Å². The summed E-state index contributed by atoms with van der Waals surface area (Å²) in [6.07, 6.45) is 2.48. The van der Waals surface area contributed by atoms with Crippen LogP contribution in [0, 0.1) is 0 Å². The molecule has 0 aromatic rings. The second kappa shape index (κ2) is 15.8. The monoisotopic (exact) mass is 132 g/mol. The molecule has 0 amide bonds. The second-order valence-corrected chi connectivity index (χ2v) is 1.92. The third kappa shape index (κ3) is 16.8. The number of hydrogen-bond acceptors (Lipinski definition) is 1. The highest BCUT2D eigenvalue weighted by Gasteiger charge is 1.74. The summed E-state index contributed by atoms with van der Waals surface area (Å²) >= 11 is 0. The molecule has 0 atom stereocenters. The molecule has 0 rings (SSSR count). The van der Waals surface area contributed by atoms with Crippen LogP contribution in [0.2, 0.25) is 0 Å². The van der Waals surface area contributed by atoms with Gasteiger partial charge in [-0.2, -0.15) is 0 Å². The molecule has 0 saturated heterocycles. The van der Waals surface area contributed by atoms with Crippen LogP contribution >= 0.6 is 0 Å². The lowest BCUT2D eigenvalue weighted by Gasteiger charge is -1.90. The fraction of sp³-hybridized carbons (Fsp3) is 0.667. The molecule has 2 heteroatoms. The van der Waals surface area contributed by atoms with Crippen LogP contribution < -0.4 is 0 Å². The molecule has 0 aromatic carbocycles. The first-order valence-corrected chi connectivity index (χ1v) is 3.72. The van der Waals surface area contributed by atoms with E-state index in [9.17, 15) is 0 Å². The molecular formula is C6H16OSi. The normalized spacial score (nSPS) is 7.62. The number of rotatable bonds is 3. The minimum absolute atomic E-state index is 0.903. The van der Waals surface area contributed by atoms with Crippen molar-refractivity contribution in [1.82, 2.24) is 0 Å². The Kier molecular flexibility index (Phi) is 21.3. The van der Waals surface area contributed by atoms with Crippen molar-refractivity contribution in [2.45, 2.75) is 19.8 Å². The maximum Gasteiger partial charge on any atom is 0.145 e. The first-order valence-electron chi connectivity index (χ1n) is 2.90. The molecule has 0 unspecified atom stereocenters. The van der Waals surface area contributed by atoms with Crippen molar-refractivity contribution >= 4 is 10.5 Å².